The van der Waals surface area contributed by atoms with Crippen LogP contribution in [0.3, 0.4) is 0 Å². The normalized spacial score (nSPS) is 11.2. The first-order chi connectivity index (χ1) is 7.90. The minimum atomic E-state index is 0.101. The minimum Gasteiger partial charge on any atom is -0.337 e. The summed E-state index contributed by atoms with van der Waals surface area (Å²) < 4.78 is 0.669. The third-order valence-corrected chi connectivity index (χ3v) is 3.46. The van der Waals surface area contributed by atoms with Crippen LogP contribution >= 0.6 is 22.9 Å². The molecule has 0 N–H and O–H groups in total. The summed E-state index contributed by atoms with van der Waals surface area (Å²) in [5.74, 6) is 1.06. The van der Waals surface area contributed by atoms with E-state index in [1.807, 2.05) is 11.0 Å². The van der Waals surface area contributed by atoms with Gasteiger partial charge in [-0.15, -0.1) is 11.3 Å². The van der Waals surface area contributed by atoms with Crippen molar-refractivity contribution in [3.63, 3.8) is 0 Å². The van der Waals surface area contributed by atoms with Crippen molar-refractivity contribution < 1.29 is 4.79 Å². The van der Waals surface area contributed by atoms with Gasteiger partial charge in [0, 0.05) is 13.1 Å². The maximum atomic E-state index is 12.3. The Labute approximate surface area is 113 Å². The first-order valence-corrected chi connectivity index (χ1v) is 7.14. The van der Waals surface area contributed by atoms with Crippen LogP contribution in [0.5, 0.6) is 0 Å². The molecule has 0 radical (unpaired) electrons. The Bertz CT molecular complexity index is 363. The number of carbonyl (C=O) groups is 1. The molecule has 17 heavy (non-hydrogen) atoms. The van der Waals surface area contributed by atoms with Gasteiger partial charge in [-0.2, -0.15) is 0 Å². The van der Waals surface area contributed by atoms with Crippen LogP contribution in [-0.4, -0.2) is 23.9 Å². The molecule has 0 unspecified atom stereocenters. The molecular weight excluding hydrogens is 254 g/mol. The number of hydrogen-bond acceptors (Lipinski definition) is 2. The highest BCUT2D eigenvalue weighted by molar-refractivity contribution is 7.17. The van der Waals surface area contributed by atoms with Crippen LogP contribution in [0.15, 0.2) is 12.1 Å². The zero-order valence-corrected chi connectivity index (χ0v) is 12.4. The molecule has 2 nitrogen and oxygen atoms in total. The van der Waals surface area contributed by atoms with Gasteiger partial charge in [-0.1, -0.05) is 39.3 Å². The second kappa shape index (κ2) is 6.41. The highest BCUT2D eigenvalue weighted by Gasteiger charge is 2.19. The molecule has 1 aromatic rings. The predicted octanol–water partition coefficient (Wildman–Crippen LogP) is 4.16. The Morgan fingerprint density at radius 3 is 2.12 bits per heavy atom. The Morgan fingerprint density at radius 1 is 1.24 bits per heavy atom. The molecule has 0 aliphatic rings. The van der Waals surface area contributed by atoms with Crippen molar-refractivity contribution in [1.82, 2.24) is 4.90 Å². The van der Waals surface area contributed by atoms with E-state index in [2.05, 4.69) is 27.7 Å². The lowest BCUT2D eigenvalue weighted by Gasteiger charge is -2.25. The van der Waals surface area contributed by atoms with Gasteiger partial charge in [0.05, 0.1) is 9.21 Å². The van der Waals surface area contributed by atoms with Crippen LogP contribution in [-0.2, 0) is 0 Å². The fourth-order valence-electron chi connectivity index (χ4n) is 1.71. The highest BCUT2D eigenvalue weighted by atomic mass is 35.5. The van der Waals surface area contributed by atoms with Gasteiger partial charge in [0.2, 0.25) is 0 Å². The van der Waals surface area contributed by atoms with Crippen molar-refractivity contribution in [2.45, 2.75) is 27.7 Å². The third kappa shape index (κ3) is 4.68. The molecule has 0 aliphatic carbocycles. The molecule has 0 spiro atoms. The number of halogens is 1. The van der Waals surface area contributed by atoms with Crippen molar-refractivity contribution in [1.29, 1.82) is 0 Å². The smallest absolute Gasteiger partial charge is 0.263 e. The average molecular weight is 274 g/mol. The number of carbonyl (C=O) groups excluding carboxylic acids is 1. The van der Waals surface area contributed by atoms with E-state index in [-0.39, 0.29) is 5.91 Å². The van der Waals surface area contributed by atoms with Gasteiger partial charge in [0.15, 0.2) is 0 Å². The minimum absolute atomic E-state index is 0.101. The van der Waals surface area contributed by atoms with Crippen molar-refractivity contribution in [2.75, 3.05) is 13.1 Å². The van der Waals surface area contributed by atoms with E-state index < -0.39 is 0 Å². The van der Waals surface area contributed by atoms with E-state index >= 15 is 0 Å². The van der Waals surface area contributed by atoms with E-state index in [4.69, 9.17) is 11.6 Å². The van der Waals surface area contributed by atoms with Gasteiger partial charge in [0.25, 0.3) is 5.91 Å². The van der Waals surface area contributed by atoms with Crippen molar-refractivity contribution in [2.24, 2.45) is 11.8 Å². The topological polar surface area (TPSA) is 20.3 Å². The standard InChI is InChI=1S/C13H20ClNOS/c1-9(2)7-15(8-10(3)4)13(16)11-5-6-12(14)17-11/h5-6,9-10H,7-8H2,1-4H3. The Morgan fingerprint density at radius 2 is 1.76 bits per heavy atom. The molecule has 1 heterocycles. The molecule has 0 saturated heterocycles. The lowest BCUT2D eigenvalue weighted by atomic mass is 10.1. The fraction of sp³-hybridized carbons (Fsp3) is 0.615. The zero-order chi connectivity index (χ0) is 13.0. The number of amides is 1. The zero-order valence-electron chi connectivity index (χ0n) is 10.9. The molecule has 0 atom stereocenters. The molecule has 0 fully saturated rings. The number of rotatable bonds is 5. The largest absolute Gasteiger partial charge is 0.337 e. The second-order valence-corrected chi connectivity index (χ2v) is 6.82. The second-order valence-electron chi connectivity index (χ2n) is 5.10. The summed E-state index contributed by atoms with van der Waals surface area (Å²) in [5, 5.41) is 0. The van der Waals surface area contributed by atoms with Crippen molar-refractivity contribution >= 4 is 28.8 Å². The van der Waals surface area contributed by atoms with Gasteiger partial charge < -0.3 is 4.90 Å². The maximum absolute atomic E-state index is 12.3. The quantitative estimate of drug-likeness (QED) is 0.789. The summed E-state index contributed by atoms with van der Waals surface area (Å²) in [4.78, 5) is 15.0. The lowest BCUT2D eigenvalue weighted by Crippen LogP contribution is -2.36. The molecule has 96 valence electrons. The predicted molar refractivity (Wildman–Crippen MR) is 74.9 cm³/mol. The molecule has 0 aromatic carbocycles. The Balaban J connectivity index is 2.78. The molecular formula is C13H20ClNOS. The van der Waals surface area contributed by atoms with Crippen LogP contribution in [0.25, 0.3) is 0 Å². The molecule has 1 amide bonds. The number of nitrogens with zero attached hydrogens (tertiary/aromatic N) is 1. The van der Waals surface area contributed by atoms with Crippen molar-refractivity contribution in [3.8, 4) is 0 Å². The third-order valence-electron chi connectivity index (χ3n) is 2.24. The van der Waals surface area contributed by atoms with Crippen LogP contribution < -0.4 is 0 Å². The van der Waals surface area contributed by atoms with E-state index in [1.165, 1.54) is 11.3 Å². The van der Waals surface area contributed by atoms with Gasteiger partial charge >= 0.3 is 0 Å². The SMILES string of the molecule is CC(C)CN(CC(C)C)C(=O)c1ccc(Cl)s1. The van der Waals surface area contributed by atoms with Gasteiger partial charge in [-0.3, -0.25) is 4.79 Å². The average Bonchev–Trinajstić information content (AvgIpc) is 2.61. The van der Waals surface area contributed by atoms with Crippen molar-refractivity contribution in [3.05, 3.63) is 21.3 Å². The first kappa shape index (κ1) is 14.5. The summed E-state index contributed by atoms with van der Waals surface area (Å²) >= 11 is 7.22. The molecule has 0 bridgehead atoms. The lowest BCUT2D eigenvalue weighted by molar-refractivity contribution is 0.0720. The van der Waals surface area contributed by atoms with Crippen LogP contribution in [0, 0.1) is 11.8 Å². The maximum Gasteiger partial charge on any atom is 0.263 e. The fourth-order valence-corrected chi connectivity index (χ4v) is 2.72. The van der Waals surface area contributed by atoms with E-state index in [1.54, 1.807) is 6.07 Å². The monoisotopic (exact) mass is 273 g/mol. The Hall–Kier alpha value is -0.540. The first-order valence-electron chi connectivity index (χ1n) is 5.94. The van der Waals surface area contributed by atoms with E-state index in [9.17, 15) is 4.79 Å². The molecule has 1 aromatic heterocycles. The summed E-state index contributed by atoms with van der Waals surface area (Å²) in [6, 6.07) is 3.59. The molecule has 0 saturated carbocycles. The molecule has 0 aliphatic heterocycles. The summed E-state index contributed by atoms with van der Waals surface area (Å²) in [5.41, 5.74) is 0. The number of hydrogen-bond donors (Lipinski definition) is 0. The number of thiophene rings is 1. The van der Waals surface area contributed by atoms with E-state index in [0.29, 0.717) is 16.2 Å². The van der Waals surface area contributed by atoms with Gasteiger partial charge in [-0.25, -0.2) is 0 Å². The van der Waals surface area contributed by atoms with Gasteiger partial charge in [0.1, 0.15) is 0 Å². The summed E-state index contributed by atoms with van der Waals surface area (Å²) in [7, 11) is 0. The highest BCUT2D eigenvalue weighted by Crippen LogP contribution is 2.23. The van der Waals surface area contributed by atoms with Gasteiger partial charge in [-0.05, 0) is 24.0 Å². The summed E-state index contributed by atoms with van der Waals surface area (Å²) in [6.07, 6.45) is 0. The molecule has 1 rings (SSSR count). The summed E-state index contributed by atoms with van der Waals surface area (Å²) in [6.45, 7) is 10.1. The van der Waals surface area contributed by atoms with Crippen LogP contribution in [0.4, 0.5) is 0 Å². The Kier molecular flexibility index (Phi) is 5.47. The van der Waals surface area contributed by atoms with Crippen LogP contribution in [0.1, 0.15) is 37.4 Å². The molecule has 4 heteroatoms. The van der Waals surface area contributed by atoms with Crippen LogP contribution in [0.2, 0.25) is 4.34 Å². The van der Waals surface area contributed by atoms with E-state index in [0.717, 1.165) is 18.0 Å².